The third kappa shape index (κ3) is 2.02. The molecule has 3 nitrogen and oxygen atoms in total. The molecule has 3 rings (SSSR count). The third-order valence-corrected chi connectivity index (χ3v) is 7.00. The summed E-state index contributed by atoms with van der Waals surface area (Å²) in [6.07, 6.45) is 8.37. The van der Waals surface area contributed by atoms with Crippen LogP contribution < -0.4 is 0 Å². The average Bonchev–Trinajstić information content (AvgIpc) is 2.69. The van der Waals surface area contributed by atoms with Crippen molar-refractivity contribution < 1.29 is 14.6 Å². The predicted molar refractivity (Wildman–Crippen MR) is 90.6 cm³/mol. The van der Waals surface area contributed by atoms with Gasteiger partial charge < -0.3 is 9.84 Å². The minimum absolute atomic E-state index is 0.200. The van der Waals surface area contributed by atoms with E-state index < -0.39 is 11.7 Å². The number of hydrogen-bond donors (Lipinski definition) is 1. The molecule has 8 atom stereocenters. The largest absolute Gasteiger partial charge is 0.484 e. The number of aliphatic hydroxyl groups excluding tert-OH is 1. The van der Waals surface area contributed by atoms with Crippen molar-refractivity contribution in [2.75, 3.05) is 0 Å². The van der Waals surface area contributed by atoms with Crippen molar-refractivity contribution in [1.82, 2.24) is 0 Å². The second-order valence-corrected chi connectivity index (χ2v) is 8.29. The lowest BCUT2D eigenvalue weighted by atomic mass is 9.49. The highest BCUT2D eigenvalue weighted by atomic mass is 16.5. The first-order chi connectivity index (χ1) is 10.8. The van der Waals surface area contributed by atoms with Crippen molar-refractivity contribution in [1.29, 1.82) is 0 Å². The molecule has 0 aromatic rings. The predicted octanol–water partition coefficient (Wildman–Crippen LogP) is 3.73. The fourth-order valence-electron chi connectivity index (χ4n) is 5.93. The van der Waals surface area contributed by atoms with E-state index in [2.05, 4.69) is 46.8 Å². The van der Waals surface area contributed by atoms with E-state index in [-0.39, 0.29) is 17.3 Å². The van der Waals surface area contributed by atoms with Crippen LogP contribution in [0.15, 0.2) is 24.0 Å². The van der Waals surface area contributed by atoms with Crippen LogP contribution in [0, 0.1) is 35.0 Å². The minimum atomic E-state index is -0.662. The molecule has 2 bridgehead atoms. The van der Waals surface area contributed by atoms with Crippen molar-refractivity contribution in [3.8, 4) is 0 Å². The summed E-state index contributed by atoms with van der Waals surface area (Å²) in [7, 11) is 0. The van der Waals surface area contributed by atoms with E-state index in [1.165, 1.54) is 0 Å². The number of allylic oxidation sites excluding steroid dienone is 3. The summed E-state index contributed by atoms with van der Waals surface area (Å²) >= 11 is 0. The van der Waals surface area contributed by atoms with E-state index in [4.69, 9.17) is 4.74 Å². The van der Waals surface area contributed by atoms with Crippen LogP contribution in [0.25, 0.3) is 0 Å². The minimum Gasteiger partial charge on any atom is -0.484 e. The van der Waals surface area contributed by atoms with Crippen molar-refractivity contribution >= 4 is 6.29 Å². The first kappa shape index (κ1) is 16.8. The Morgan fingerprint density at radius 3 is 2.74 bits per heavy atom. The molecule has 1 aliphatic heterocycles. The number of hydrogen-bond acceptors (Lipinski definition) is 3. The van der Waals surface area contributed by atoms with Gasteiger partial charge in [0.05, 0.1) is 0 Å². The Balaban J connectivity index is 2.20. The highest BCUT2D eigenvalue weighted by Crippen LogP contribution is 2.67. The van der Waals surface area contributed by atoms with Gasteiger partial charge in [0, 0.05) is 17.4 Å². The van der Waals surface area contributed by atoms with Gasteiger partial charge in [0.1, 0.15) is 18.1 Å². The summed E-state index contributed by atoms with van der Waals surface area (Å²) in [6.45, 7) is 11.1. The molecule has 1 N–H and O–H groups in total. The zero-order valence-electron chi connectivity index (χ0n) is 15.0. The van der Waals surface area contributed by atoms with Gasteiger partial charge in [0.15, 0.2) is 5.60 Å². The normalized spacial score (nSPS) is 51.2. The summed E-state index contributed by atoms with van der Waals surface area (Å²) in [4.78, 5) is 11.2. The van der Waals surface area contributed by atoms with Crippen molar-refractivity contribution in [3.63, 3.8) is 0 Å². The number of rotatable bonds is 3. The van der Waals surface area contributed by atoms with Gasteiger partial charge in [0.25, 0.3) is 0 Å². The highest BCUT2D eigenvalue weighted by molar-refractivity contribution is 5.66. The lowest BCUT2D eigenvalue weighted by Gasteiger charge is -2.53. The van der Waals surface area contributed by atoms with Gasteiger partial charge in [0.2, 0.25) is 0 Å². The highest BCUT2D eigenvalue weighted by Gasteiger charge is 2.69. The third-order valence-electron chi connectivity index (χ3n) is 7.00. The van der Waals surface area contributed by atoms with Crippen LogP contribution in [0.1, 0.15) is 47.5 Å². The standard InChI is InChI=1S/C20H30O3/c1-6-12(2)15-7-9-20-17(13(3)11-14(4)18(20)22)19(15,5)16(23-20)8-10-21/h7-10,12-15,17-18,22H,6,11H2,1-5H3/t12-,13+,14-,15+,17+,18+,19+,20+/m0/s1. The molecule has 2 aliphatic carbocycles. The zero-order chi connectivity index (χ0) is 17.0. The lowest BCUT2D eigenvalue weighted by Crippen LogP contribution is -2.60. The van der Waals surface area contributed by atoms with Crippen LogP contribution in [-0.4, -0.2) is 23.1 Å². The molecule has 3 heteroatoms. The fourth-order valence-corrected chi connectivity index (χ4v) is 5.93. The molecule has 1 saturated heterocycles. The Labute approximate surface area is 139 Å². The summed E-state index contributed by atoms with van der Waals surface area (Å²) in [5.74, 6) is 2.49. The Kier molecular flexibility index (Phi) is 3.99. The van der Waals surface area contributed by atoms with Crippen LogP contribution in [0.4, 0.5) is 0 Å². The van der Waals surface area contributed by atoms with Crippen LogP contribution in [0.5, 0.6) is 0 Å². The second kappa shape index (κ2) is 5.47. The Bertz CT molecular complexity index is 551. The van der Waals surface area contributed by atoms with E-state index in [1.54, 1.807) is 6.08 Å². The molecule has 0 aromatic carbocycles. The Morgan fingerprint density at radius 1 is 1.43 bits per heavy atom. The lowest BCUT2D eigenvalue weighted by molar-refractivity contribution is -0.136. The zero-order valence-corrected chi connectivity index (χ0v) is 15.0. The molecular formula is C20H30O3. The molecule has 0 aromatic heterocycles. The summed E-state index contributed by atoms with van der Waals surface area (Å²) in [5, 5.41) is 11.0. The van der Waals surface area contributed by atoms with E-state index in [0.29, 0.717) is 17.8 Å². The van der Waals surface area contributed by atoms with Crippen molar-refractivity contribution in [2.24, 2.45) is 35.0 Å². The maximum atomic E-state index is 11.2. The molecule has 0 spiro atoms. The molecule has 1 heterocycles. The monoisotopic (exact) mass is 318 g/mol. The van der Waals surface area contributed by atoms with Crippen LogP contribution in [-0.2, 0) is 9.53 Å². The van der Waals surface area contributed by atoms with E-state index in [0.717, 1.165) is 24.9 Å². The van der Waals surface area contributed by atoms with Gasteiger partial charge in [-0.1, -0.05) is 47.1 Å². The average molecular weight is 318 g/mol. The molecule has 0 unspecified atom stereocenters. The number of ether oxygens (including phenoxy) is 1. The van der Waals surface area contributed by atoms with Crippen LogP contribution >= 0.6 is 0 Å². The van der Waals surface area contributed by atoms with Gasteiger partial charge >= 0.3 is 0 Å². The van der Waals surface area contributed by atoms with Crippen molar-refractivity contribution in [3.05, 3.63) is 24.0 Å². The van der Waals surface area contributed by atoms with Gasteiger partial charge in [-0.3, -0.25) is 4.79 Å². The van der Waals surface area contributed by atoms with Crippen molar-refractivity contribution in [2.45, 2.75) is 59.2 Å². The number of aliphatic hydroxyl groups is 1. The second-order valence-electron chi connectivity index (χ2n) is 8.29. The van der Waals surface area contributed by atoms with Gasteiger partial charge in [-0.25, -0.2) is 0 Å². The smallest absolute Gasteiger partial charge is 0.157 e. The number of carbonyl (C=O) groups excluding carboxylic acids is 1. The Morgan fingerprint density at radius 2 is 2.13 bits per heavy atom. The van der Waals surface area contributed by atoms with E-state index in [9.17, 15) is 9.90 Å². The molecule has 1 saturated carbocycles. The summed E-state index contributed by atoms with van der Waals surface area (Å²) in [6, 6.07) is 0. The van der Waals surface area contributed by atoms with E-state index in [1.807, 2.05) is 0 Å². The summed E-state index contributed by atoms with van der Waals surface area (Å²) < 4.78 is 6.39. The first-order valence-electron chi connectivity index (χ1n) is 9.05. The molecule has 23 heavy (non-hydrogen) atoms. The topological polar surface area (TPSA) is 46.5 Å². The van der Waals surface area contributed by atoms with E-state index >= 15 is 0 Å². The molecular weight excluding hydrogens is 288 g/mol. The van der Waals surface area contributed by atoms with Gasteiger partial charge in [-0.15, -0.1) is 0 Å². The van der Waals surface area contributed by atoms with Gasteiger partial charge in [-0.2, -0.15) is 0 Å². The molecule has 3 aliphatic rings. The maximum Gasteiger partial charge on any atom is 0.157 e. The Hall–Kier alpha value is -1.09. The quantitative estimate of drug-likeness (QED) is 0.490. The molecule has 128 valence electrons. The SMILES string of the molecule is CC[C@H](C)[C@H]1C=C[C@@]23OC(=CC=O)[C@]1(C)[C@H]2[C@H](C)C[C@H](C)[C@H]3O. The summed E-state index contributed by atoms with van der Waals surface area (Å²) in [5.41, 5.74) is -0.879. The molecule has 0 amide bonds. The maximum absolute atomic E-state index is 11.2. The molecule has 2 fully saturated rings. The van der Waals surface area contributed by atoms with Crippen LogP contribution in [0.3, 0.4) is 0 Å². The number of carbonyl (C=O) groups is 1. The fraction of sp³-hybridized carbons (Fsp3) is 0.750. The number of aldehydes is 1. The molecule has 0 radical (unpaired) electrons. The van der Waals surface area contributed by atoms with Crippen LogP contribution in [0.2, 0.25) is 0 Å². The first-order valence-corrected chi connectivity index (χ1v) is 9.05. The van der Waals surface area contributed by atoms with Gasteiger partial charge in [-0.05, 0) is 36.2 Å².